The number of nitrogens with one attached hydrogen (secondary N) is 1. The first-order valence-corrected chi connectivity index (χ1v) is 7.06. The van der Waals surface area contributed by atoms with Gasteiger partial charge in [-0.3, -0.25) is 4.98 Å². The van der Waals surface area contributed by atoms with Crippen LogP contribution in [0, 0.1) is 12.7 Å². The summed E-state index contributed by atoms with van der Waals surface area (Å²) in [4.78, 5) is 4.23. The number of nitrogens with zero attached hydrogens (tertiary/aromatic N) is 1. The van der Waals surface area contributed by atoms with Crippen LogP contribution in [0.1, 0.15) is 29.7 Å². The van der Waals surface area contributed by atoms with Crippen LogP contribution >= 0.6 is 11.6 Å². The van der Waals surface area contributed by atoms with E-state index in [0.717, 1.165) is 23.2 Å². The molecular formula is C16H18ClFN2. The number of aromatic nitrogens is 1. The molecule has 0 aliphatic rings. The highest BCUT2D eigenvalue weighted by Gasteiger charge is 2.14. The Bertz CT molecular complexity index is 586. The molecule has 0 radical (unpaired) electrons. The van der Waals surface area contributed by atoms with Crippen LogP contribution in [-0.4, -0.2) is 11.5 Å². The second-order valence-corrected chi connectivity index (χ2v) is 5.25. The lowest BCUT2D eigenvalue weighted by molar-refractivity contribution is 0.547. The highest BCUT2D eigenvalue weighted by Crippen LogP contribution is 2.24. The van der Waals surface area contributed by atoms with Crippen LogP contribution in [0.2, 0.25) is 5.02 Å². The first kappa shape index (κ1) is 14.9. The molecular weight excluding hydrogens is 275 g/mol. The third-order valence-corrected chi connectivity index (χ3v) is 3.54. The maximum absolute atomic E-state index is 13.1. The summed E-state index contributed by atoms with van der Waals surface area (Å²) < 4.78 is 13.1. The fourth-order valence-corrected chi connectivity index (χ4v) is 2.47. The summed E-state index contributed by atoms with van der Waals surface area (Å²) in [6, 6.07) is 6.77. The van der Waals surface area contributed by atoms with Crippen molar-refractivity contribution in [2.24, 2.45) is 0 Å². The first-order chi connectivity index (χ1) is 9.60. The van der Waals surface area contributed by atoms with Crippen LogP contribution in [-0.2, 0) is 6.42 Å². The largest absolute Gasteiger partial charge is 0.310 e. The average Bonchev–Trinajstić information content (AvgIpc) is 2.41. The van der Waals surface area contributed by atoms with Gasteiger partial charge in [0, 0.05) is 23.5 Å². The third kappa shape index (κ3) is 3.78. The van der Waals surface area contributed by atoms with Gasteiger partial charge in [-0.25, -0.2) is 4.39 Å². The first-order valence-electron chi connectivity index (χ1n) is 6.69. The summed E-state index contributed by atoms with van der Waals surface area (Å²) >= 11 is 6.11. The molecule has 0 amide bonds. The van der Waals surface area contributed by atoms with E-state index in [2.05, 4.69) is 23.3 Å². The van der Waals surface area contributed by atoms with Crippen LogP contribution in [0.25, 0.3) is 0 Å². The van der Waals surface area contributed by atoms with Gasteiger partial charge in [0.15, 0.2) is 0 Å². The van der Waals surface area contributed by atoms with Gasteiger partial charge in [0.2, 0.25) is 0 Å². The Labute approximate surface area is 124 Å². The van der Waals surface area contributed by atoms with Crippen molar-refractivity contribution in [1.82, 2.24) is 10.3 Å². The van der Waals surface area contributed by atoms with Crippen molar-refractivity contribution in [3.8, 4) is 0 Å². The number of pyridine rings is 1. The molecule has 106 valence electrons. The molecule has 0 aliphatic heterocycles. The molecule has 2 rings (SSSR count). The van der Waals surface area contributed by atoms with Gasteiger partial charge in [-0.05, 0) is 48.7 Å². The summed E-state index contributed by atoms with van der Waals surface area (Å²) in [5, 5.41) is 3.89. The van der Waals surface area contributed by atoms with E-state index in [-0.39, 0.29) is 11.9 Å². The number of hydrogen-bond acceptors (Lipinski definition) is 2. The van der Waals surface area contributed by atoms with Crippen molar-refractivity contribution in [1.29, 1.82) is 0 Å². The van der Waals surface area contributed by atoms with Crippen molar-refractivity contribution in [2.75, 3.05) is 6.54 Å². The fourth-order valence-electron chi connectivity index (χ4n) is 2.23. The van der Waals surface area contributed by atoms with E-state index in [1.54, 1.807) is 6.07 Å². The molecule has 0 saturated carbocycles. The van der Waals surface area contributed by atoms with Crippen molar-refractivity contribution in [3.05, 3.63) is 64.2 Å². The lowest BCUT2D eigenvalue weighted by atomic mass is 9.99. The molecule has 4 heteroatoms. The normalized spacial score (nSPS) is 12.4. The maximum atomic E-state index is 13.1. The molecule has 1 aromatic heterocycles. The number of aryl methyl sites for hydroxylation is 1. The minimum Gasteiger partial charge on any atom is -0.310 e. The zero-order chi connectivity index (χ0) is 14.5. The molecule has 2 aromatic rings. The second kappa shape index (κ2) is 6.82. The molecule has 0 saturated heterocycles. The molecule has 0 spiro atoms. The number of rotatable bonds is 5. The molecule has 0 aliphatic carbocycles. The van der Waals surface area contributed by atoms with Gasteiger partial charge >= 0.3 is 0 Å². The highest BCUT2D eigenvalue weighted by atomic mass is 35.5. The molecule has 1 N–H and O–H groups in total. The SMILES string of the molecule is CCNC(Cc1ccc(F)cc1Cl)c1cncc(C)c1. The Morgan fingerprint density at radius 3 is 2.75 bits per heavy atom. The van der Waals surface area contributed by atoms with E-state index in [9.17, 15) is 4.39 Å². The van der Waals surface area contributed by atoms with Crippen LogP contribution < -0.4 is 5.32 Å². The summed E-state index contributed by atoms with van der Waals surface area (Å²) in [7, 11) is 0. The Kier molecular flexibility index (Phi) is 5.10. The summed E-state index contributed by atoms with van der Waals surface area (Å²) in [6.45, 7) is 4.92. The van der Waals surface area contributed by atoms with Gasteiger partial charge in [-0.15, -0.1) is 0 Å². The predicted molar refractivity (Wildman–Crippen MR) is 80.5 cm³/mol. The number of halogens is 2. The summed E-state index contributed by atoms with van der Waals surface area (Å²) in [5.74, 6) is -0.309. The van der Waals surface area contributed by atoms with E-state index < -0.39 is 0 Å². The lowest BCUT2D eigenvalue weighted by Crippen LogP contribution is -2.23. The molecule has 20 heavy (non-hydrogen) atoms. The second-order valence-electron chi connectivity index (χ2n) is 4.85. The van der Waals surface area contributed by atoms with Crippen LogP contribution in [0.4, 0.5) is 4.39 Å². The topological polar surface area (TPSA) is 24.9 Å². The van der Waals surface area contributed by atoms with Gasteiger partial charge in [-0.2, -0.15) is 0 Å². The quantitative estimate of drug-likeness (QED) is 0.898. The zero-order valence-corrected chi connectivity index (χ0v) is 12.4. The molecule has 1 heterocycles. The summed E-state index contributed by atoms with van der Waals surface area (Å²) in [5.41, 5.74) is 3.17. The van der Waals surface area contributed by atoms with Crippen molar-refractivity contribution in [3.63, 3.8) is 0 Å². The molecule has 1 atom stereocenters. The third-order valence-electron chi connectivity index (χ3n) is 3.19. The Morgan fingerprint density at radius 1 is 1.30 bits per heavy atom. The minimum atomic E-state index is -0.309. The van der Waals surface area contributed by atoms with Crippen molar-refractivity contribution < 1.29 is 4.39 Å². The molecule has 2 nitrogen and oxygen atoms in total. The maximum Gasteiger partial charge on any atom is 0.124 e. The molecule has 1 unspecified atom stereocenters. The Morgan fingerprint density at radius 2 is 2.10 bits per heavy atom. The van der Waals surface area contributed by atoms with E-state index in [0.29, 0.717) is 11.4 Å². The standard InChI is InChI=1S/C16H18ClFN2/c1-3-20-16(13-6-11(2)9-19-10-13)7-12-4-5-14(18)8-15(12)17/h4-6,8-10,16,20H,3,7H2,1-2H3. The van der Waals surface area contributed by atoms with Gasteiger partial charge in [0.1, 0.15) is 5.82 Å². The van der Waals surface area contributed by atoms with Crippen molar-refractivity contribution >= 4 is 11.6 Å². The van der Waals surface area contributed by atoms with Gasteiger partial charge in [0.25, 0.3) is 0 Å². The molecule has 0 bridgehead atoms. The smallest absolute Gasteiger partial charge is 0.124 e. The minimum absolute atomic E-state index is 0.121. The van der Waals surface area contributed by atoms with E-state index >= 15 is 0 Å². The van der Waals surface area contributed by atoms with Crippen LogP contribution in [0.3, 0.4) is 0 Å². The lowest BCUT2D eigenvalue weighted by Gasteiger charge is -2.19. The van der Waals surface area contributed by atoms with Crippen molar-refractivity contribution in [2.45, 2.75) is 26.3 Å². The van der Waals surface area contributed by atoms with E-state index in [1.165, 1.54) is 12.1 Å². The summed E-state index contributed by atoms with van der Waals surface area (Å²) in [6.07, 6.45) is 4.40. The van der Waals surface area contributed by atoms with Gasteiger partial charge in [-0.1, -0.05) is 30.7 Å². The monoisotopic (exact) mass is 292 g/mol. The fraction of sp³-hybridized carbons (Fsp3) is 0.312. The van der Waals surface area contributed by atoms with Gasteiger partial charge in [0.05, 0.1) is 0 Å². The number of likely N-dealkylation sites (N-methyl/N-ethyl adjacent to an activating group) is 1. The molecule has 0 fully saturated rings. The number of benzene rings is 1. The van der Waals surface area contributed by atoms with Crippen LogP contribution in [0.5, 0.6) is 0 Å². The average molecular weight is 293 g/mol. The molecule has 1 aromatic carbocycles. The van der Waals surface area contributed by atoms with Gasteiger partial charge < -0.3 is 5.32 Å². The van der Waals surface area contributed by atoms with Crippen LogP contribution in [0.15, 0.2) is 36.7 Å². The predicted octanol–water partition coefficient (Wildman–Crippen LogP) is 4.08. The Hall–Kier alpha value is -1.45. The zero-order valence-electron chi connectivity index (χ0n) is 11.7. The van der Waals surface area contributed by atoms with E-state index in [4.69, 9.17) is 11.6 Å². The number of hydrogen-bond donors (Lipinski definition) is 1. The Balaban J connectivity index is 2.25. The van der Waals surface area contributed by atoms with E-state index in [1.807, 2.05) is 19.3 Å². The highest BCUT2D eigenvalue weighted by molar-refractivity contribution is 6.31.